The van der Waals surface area contributed by atoms with Crippen molar-refractivity contribution < 1.29 is 0 Å². The highest BCUT2D eigenvalue weighted by Gasteiger charge is 2.19. The summed E-state index contributed by atoms with van der Waals surface area (Å²) in [5, 5.41) is 11.3. The molecule has 0 saturated heterocycles. The van der Waals surface area contributed by atoms with Gasteiger partial charge in [-0.2, -0.15) is 0 Å². The number of aromatic nitrogens is 2. The summed E-state index contributed by atoms with van der Waals surface area (Å²) in [4.78, 5) is 11.2. The monoisotopic (exact) mass is 348 g/mol. The second-order valence-electron chi connectivity index (χ2n) is 6.38. The summed E-state index contributed by atoms with van der Waals surface area (Å²) in [5.41, 5.74) is 5.68. The second kappa shape index (κ2) is 7.07. The minimum atomic E-state index is 0.726. The lowest BCUT2D eigenvalue weighted by atomic mass is 10.1. The van der Waals surface area contributed by atoms with Crippen LogP contribution < -0.4 is 20.9 Å². The predicted molar refractivity (Wildman–Crippen MR) is 109 cm³/mol. The largest absolute Gasteiger partial charge is 0.385 e. The highest BCUT2D eigenvalue weighted by Crippen LogP contribution is 2.36. The smallest absolute Gasteiger partial charge is 0.137 e. The Bertz CT molecular complexity index is 906. The van der Waals surface area contributed by atoms with Crippen molar-refractivity contribution in [3.05, 3.63) is 48.3 Å². The molecule has 26 heavy (non-hydrogen) atoms. The molecule has 0 saturated carbocycles. The number of benzene rings is 2. The van der Waals surface area contributed by atoms with Gasteiger partial charge >= 0.3 is 0 Å². The van der Waals surface area contributed by atoms with Crippen LogP contribution in [0.5, 0.6) is 0 Å². The van der Waals surface area contributed by atoms with Crippen LogP contribution in [0.1, 0.15) is 19.4 Å². The summed E-state index contributed by atoms with van der Waals surface area (Å²) in [7, 11) is 0. The fourth-order valence-corrected chi connectivity index (χ4v) is 3.31. The van der Waals surface area contributed by atoms with Crippen molar-refractivity contribution in [1.29, 1.82) is 0 Å². The number of hydrogen-bond donors (Lipinski definition) is 3. The van der Waals surface area contributed by atoms with Crippen molar-refractivity contribution >= 4 is 33.8 Å². The quantitative estimate of drug-likeness (QED) is 0.628. The molecule has 4 rings (SSSR count). The summed E-state index contributed by atoms with van der Waals surface area (Å²) in [6.07, 6.45) is 1.63. The van der Waals surface area contributed by atoms with E-state index in [0.717, 1.165) is 54.4 Å². The molecule has 0 fully saturated rings. The third kappa shape index (κ3) is 3.10. The predicted octanol–water partition coefficient (Wildman–Crippen LogP) is 3.88. The van der Waals surface area contributed by atoms with E-state index in [-0.39, 0.29) is 0 Å². The lowest BCUT2D eigenvalue weighted by molar-refractivity contribution is 0.911. The topological polar surface area (TPSA) is 65.1 Å². The summed E-state index contributed by atoms with van der Waals surface area (Å²) in [6, 6.07) is 12.8. The second-order valence-corrected chi connectivity index (χ2v) is 6.38. The van der Waals surface area contributed by atoms with E-state index < -0.39 is 0 Å². The molecule has 3 aromatic rings. The van der Waals surface area contributed by atoms with E-state index in [4.69, 9.17) is 0 Å². The highest BCUT2D eigenvalue weighted by atomic mass is 15.3. The zero-order valence-corrected chi connectivity index (χ0v) is 15.2. The molecule has 0 bridgehead atoms. The average Bonchev–Trinajstić information content (AvgIpc) is 3.08. The summed E-state index contributed by atoms with van der Waals surface area (Å²) < 4.78 is 0. The Labute approximate surface area is 153 Å². The van der Waals surface area contributed by atoms with Gasteiger partial charge in [-0.05, 0) is 43.7 Å². The molecule has 1 aromatic heterocycles. The van der Waals surface area contributed by atoms with Gasteiger partial charge in [-0.25, -0.2) is 9.97 Å². The van der Waals surface area contributed by atoms with Gasteiger partial charge in [0.1, 0.15) is 12.1 Å². The van der Waals surface area contributed by atoms with Crippen LogP contribution in [0.4, 0.5) is 22.9 Å². The summed E-state index contributed by atoms with van der Waals surface area (Å²) >= 11 is 0. The minimum Gasteiger partial charge on any atom is -0.385 e. The van der Waals surface area contributed by atoms with Crippen molar-refractivity contribution in [2.45, 2.75) is 20.4 Å². The maximum Gasteiger partial charge on any atom is 0.137 e. The van der Waals surface area contributed by atoms with Crippen molar-refractivity contribution in [3.8, 4) is 0 Å². The van der Waals surface area contributed by atoms with Crippen molar-refractivity contribution in [1.82, 2.24) is 9.97 Å². The van der Waals surface area contributed by atoms with Crippen LogP contribution in [-0.2, 0) is 6.54 Å². The Hall–Kier alpha value is -3.02. The number of nitrogens with zero attached hydrogens (tertiary/aromatic N) is 3. The normalized spacial score (nSPS) is 12.8. The standard InChI is InChI=1S/C20H24N6/c1-3-21-15-7-5-14(6-8-15)11-22-20-16-9-18-19(26(4-2)13-25-18)10-17(16)23-12-24-20/h5-10,12,21,25H,3-4,11,13H2,1-2H3,(H,22,23,24). The Kier molecular flexibility index (Phi) is 4.48. The number of fused-ring (bicyclic) bond motifs is 2. The van der Waals surface area contributed by atoms with Crippen LogP contribution in [-0.4, -0.2) is 29.7 Å². The van der Waals surface area contributed by atoms with Gasteiger partial charge in [0.2, 0.25) is 0 Å². The van der Waals surface area contributed by atoms with Crippen molar-refractivity contribution in [2.24, 2.45) is 0 Å². The van der Waals surface area contributed by atoms with Crippen LogP contribution >= 0.6 is 0 Å². The van der Waals surface area contributed by atoms with Crippen LogP contribution in [0, 0.1) is 0 Å². The summed E-state index contributed by atoms with van der Waals surface area (Å²) in [6.45, 7) is 7.74. The lowest BCUT2D eigenvalue weighted by Gasteiger charge is -2.15. The van der Waals surface area contributed by atoms with Gasteiger partial charge in [0.25, 0.3) is 0 Å². The lowest BCUT2D eigenvalue weighted by Crippen LogP contribution is -2.21. The first-order valence-electron chi connectivity index (χ1n) is 9.12. The van der Waals surface area contributed by atoms with Gasteiger partial charge in [-0.3, -0.25) is 0 Å². The third-order valence-electron chi connectivity index (χ3n) is 4.73. The maximum absolute atomic E-state index is 4.46. The molecule has 1 aliphatic heterocycles. The van der Waals surface area contributed by atoms with Crippen molar-refractivity contribution in [2.75, 3.05) is 40.6 Å². The molecule has 0 atom stereocenters. The van der Waals surface area contributed by atoms with Crippen LogP contribution in [0.2, 0.25) is 0 Å². The van der Waals surface area contributed by atoms with Gasteiger partial charge in [0, 0.05) is 30.7 Å². The molecule has 6 heteroatoms. The van der Waals surface area contributed by atoms with E-state index in [1.807, 2.05) is 0 Å². The van der Waals surface area contributed by atoms with E-state index in [9.17, 15) is 0 Å². The maximum atomic E-state index is 4.46. The average molecular weight is 348 g/mol. The molecule has 134 valence electrons. The molecule has 0 aliphatic carbocycles. The molecule has 0 spiro atoms. The highest BCUT2D eigenvalue weighted by molar-refractivity contribution is 5.97. The van der Waals surface area contributed by atoms with Crippen LogP contribution in [0.3, 0.4) is 0 Å². The first kappa shape index (κ1) is 16.4. The number of hydrogen-bond acceptors (Lipinski definition) is 6. The summed E-state index contributed by atoms with van der Waals surface area (Å²) in [5.74, 6) is 0.866. The Balaban J connectivity index is 1.57. The fraction of sp³-hybridized carbons (Fsp3) is 0.300. The molecule has 6 nitrogen and oxygen atoms in total. The molecule has 2 heterocycles. The molecule has 0 unspecified atom stereocenters. The van der Waals surface area contributed by atoms with Gasteiger partial charge in [0.15, 0.2) is 0 Å². The first-order chi connectivity index (χ1) is 12.8. The molecular weight excluding hydrogens is 324 g/mol. The minimum absolute atomic E-state index is 0.726. The number of nitrogens with one attached hydrogen (secondary N) is 3. The first-order valence-corrected chi connectivity index (χ1v) is 9.12. The molecule has 0 radical (unpaired) electrons. The molecule has 3 N–H and O–H groups in total. The molecular formula is C20H24N6. The Morgan fingerprint density at radius 1 is 1.08 bits per heavy atom. The van der Waals surface area contributed by atoms with Gasteiger partial charge in [-0.15, -0.1) is 0 Å². The van der Waals surface area contributed by atoms with E-state index in [2.05, 4.69) is 81.1 Å². The number of rotatable bonds is 6. The molecule has 1 aliphatic rings. The fourth-order valence-electron chi connectivity index (χ4n) is 3.31. The van der Waals surface area contributed by atoms with Crippen LogP contribution in [0.25, 0.3) is 10.9 Å². The zero-order chi connectivity index (χ0) is 17.9. The van der Waals surface area contributed by atoms with E-state index in [0.29, 0.717) is 0 Å². The van der Waals surface area contributed by atoms with Gasteiger partial charge in [0.05, 0.1) is 23.6 Å². The van der Waals surface area contributed by atoms with Gasteiger partial charge < -0.3 is 20.9 Å². The van der Waals surface area contributed by atoms with Gasteiger partial charge in [-0.1, -0.05) is 12.1 Å². The van der Waals surface area contributed by atoms with Crippen LogP contribution in [0.15, 0.2) is 42.7 Å². The van der Waals surface area contributed by atoms with E-state index >= 15 is 0 Å². The van der Waals surface area contributed by atoms with E-state index in [1.165, 1.54) is 11.3 Å². The Morgan fingerprint density at radius 2 is 1.92 bits per heavy atom. The van der Waals surface area contributed by atoms with Crippen molar-refractivity contribution in [3.63, 3.8) is 0 Å². The Morgan fingerprint density at radius 3 is 2.69 bits per heavy atom. The molecule has 0 amide bonds. The third-order valence-corrected chi connectivity index (χ3v) is 4.73. The van der Waals surface area contributed by atoms with E-state index in [1.54, 1.807) is 6.33 Å². The zero-order valence-electron chi connectivity index (χ0n) is 15.2. The molecule has 2 aromatic carbocycles. The SMILES string of the molecule is CCNc1ccc(CNc2ncnc3cc4c(cc23)NCN4CC)cc1. The number of anilines is 4.